The van der Waals surface area contributed by atoms with E-state index in [1.165, 1.54) is 5.39 Å². The lowest BCUT2D eigenvalue weighted by atomic mass is 10.1. The van der Waals surface area contributed by atoms with E-state index in [4.69, 9.17) is 4.74 Å². The maximum absolute atomic E-state index is 5.78. The monoisotopic (exact) mass is 230 g/mol. The Labute approximate surface area is 102 Å². The summed E-state index contributed by atoms with van der Waals surface area (Å²) in [4.78, 5) is 4.55. The van der Waals surface area contributed by atoms with Crippen molar-refractivity contribution in [2.75, 3.05) is 7.05 Å². The molecule has 2 rings (SSSR count). The van der Waals surface area contributed by atoms with Crippen molar-refractivity contribution in [1.29, 1.82) is 0 Å². The summed E-state index contributed by atoms with van der Waals surface area (Å²) in [7, 11) is 1.92. The predicted octanol–water partition coefficient (Wildman–Crippen LogP) is 2.74. The molecule has 0 atom stereocenters. The molecule has 3 heteroatoms. The normalized spacial score (nSPS) is 11.1. The van der Waals surface area contributed by atoms with Crippen LogP contribution in [0.3, 0.4) is 0 Å². The van der Waals surface area contributed by atoms with Crippen molar-refractivity contribution >= 4 is 10.8 Å². The number of fused-ring (bicyclic) bond motifs is 1. The fraction of sp³-hybridized carbons (Fsp3) is 0.357. The maximum atomic E-state index is 5.78. The molecule has 2 aromatic rings. The molecule has 0 aliphatic rings. The minimum atomic E-state index is 0.135. The van der Waals surface area contributed by atoms with Gasteiger partial charge in [-0.3, -0.25) is 0 Å². The van der Waals surface area contributed by atoms with Crippen molar-refractivity contribution in [1.82, 2.24) is 10.3 Å². The molecule has 0 unspecified atom stereocenters. The first-order valence-electron chi connectivity index (χ1n) is 5.90. The second-order valence-corrected chi connectivity index (χ2v) is 4.34. The van der Waals surface area contributed by atoms with Gasteiger partial charge in [0.15, 0.2) is 0 Å². The summed E-state index contributed by atoms with van der Waals surface area (Å²) in [5.41, 5.74) is 1.00. The molecule has 3 nitrogen and oxygen atoms in total. The van der Waals surface area contributed by atoms with E-state index in [1.54, 1.807) is 0 Å². The van der Waals surface area contributed by atoms with Crippen LogP contribution in [0.15, 0.2) is 30.3 Å². The SMILES string of the molecule is CNCc1cc2ccccc2c(OC(C)C)n1. The van der Waals surface area contributed by atoms with Gasteiger partial charge in [0.25, 0.3) is 0 Å². The topological polar surface area (TPSA) is 34.1 Å². The van der Waals surface area contributed by atoms with Gasteiger partial charge in [0, 0.05) is 11.9 Å². The van der Waals surface area contributed by atoms with Crippen LogP contribution in [0.4, 0.5) is 0 Å². The molecule has 0 aliphatic carbocycles. The van der Waals surface area contributed by atoms with Crippen LogP contribution in [0, 0.1) is 0 Å². The molecule has 1 aromatic carbocycles. The molecule has 1 aromatic heterocycles. The minimum absolute atomic E-state index is 0.135. The highest BCUT2D eigenvalue weighted by Gasteiger charge is 2.07. The molecule has 0 amide bonds. The van der Waals surface area contributed by atoms with Crippen molar-refractivity contribution in [3.05, 3.63) is 36.0 Å². The minimum Gasteiger partial charge on any atom is -0.474 e. The summed E-state index contributed by atoms with van der Waals surface area (Å²) in [6, 6.07) is 10.3. The number of nitrogens with zero attached hydrogens (tertiary/aromatic N) is 1. The third kappa shape index (κ3) is 2.74. The van der Waals surface area contributed by atoms with Gasteiger partial charge in [-0.05, 0) is 38.4 Å². The Morgan fingerprint density at radius 1 is 1.29 bits per heavy atom. The number of pyridine rings is 1. The molecule has 17 heavy (non-hydrogen) atoms. The number of ether oxygens (including phenoxy) is 1. The van der Waals surface area contributed by atoms with Gasteiger partial charge in [-0.15, -0.1) is 0 Å². The molecular formula is C14H18N2O. The van der Waals surface area contributed by atoms with Gasteiger partial charge < -0.3 is 10.1 Å². The van der Waals surface area contributed by atoms with Crippen LogP contribution in [0.25, 0.3) is 10.8 Å². The zero-order valence-electron chi connectivity index (χ0n) is 10.5. The first-order chi connectivity index (χ1) is 8.20. The summed E-state index contributed by atoms with van der Waals surface area (Å²) in [5, 5.41) is 5.35. The Morgan fingerprint density at radius 2 is 2.06 bits per heavy atom. The zero-order chi connectivity index (χ0) is 12.3. The van der Waals surface area contributed by atoms with E-state index in [1.807, 2.05) is 39.1 Å². The second kappa shape index (κ2) is 5.15. The fourth-order valence-electron chi connectivity index (χ4n) is 1.80. The summed E-state index contributed by atoms with van der Waals surface area (Å²) >= 11 is 0. The van der Waals surface area contributed by atoms with Crippen LogP contribution < -0.4 is 10.1 Å². The maximum Gasteiger partial charge on any atom is 0.221 e. The van der Waals surface area contributed by atoms with Crippen molar-refractivity contribution in [2.24, 2.45) is 0 Å². The molecule has 0 bridgehead atoms. The highest BCUT2D eigenvalue weighted by Crippen LogP contribution is 2.25. The van der Waals surface area contributed by atoms with Gasteiger partial charge in [0.05, 0.1) is 11.8 Å². The first-order valence-corrected chi connectivity index (χ1v) is 5.90. The molecule has 1 heterocycles. The average Bonchev–Trinajstić information content (AvgIpc) is 2.29. The van der Waals surface area contributed by atoms with Crippen molar-refractivity contribution in [3.8, 4) is 5.88 Å². The largest absolute Gasteiger partial charge is 0.474 e. The van der Waals surface area contributed by atoms with E-state index in [0.29, 0.717) is 0 Å². The van der Waals surface area contributed by atoms with Crippen molar-refractivity contribution in [2.45, 2.75) is 26.5 Å². The second-order valence-electron chi connectivity index (χ2n) is 4.34. The van der Waals surface area contributed by atoms with E-state index < -0.39 is 0 Å². The van der Waals surface area contributed by atoms with Crippen LogP contribution in [0.5, 0.6) is 5.88 Å². The van der Waals surface area contributed by atoms with Gasteiger partial charge in [-0.2, -0.15) is 0 Å². The summed E-state index contributed by atoms with van der Waals surface area (Å²) in [6.07, 6.45) is 0.135. The number of hydrogen-bond donors (Lipinski definition) is 1. The molecule has 0 fully saturated rings. The number of nitrogens with one attached hydrogen (secondary N) is 1. The zero-order valence-corrected chi connectivity index (χ0v) is 10.5. The van der Waals surface area contributed by atoms with Gasteiger partial charge in [0.2, 0.25) is 5.88 Å². The molecular weight excluding hydrogens is 212 g/mol. The standard InChI is InChI=1S/C14H18N2O/c1-10(2)17-14-13-7-5-4-6-11(13)8-12(16-14)9-15-3/h4-8,10,15H,9H2,1-3H3. The third-order valence-electron chi connectivity index (χ3n) is 2.46. The average molecular weight is 230 g/mol. The van der Waals surface area contributed by atoms with E-state index in [9.17, 15) is 0 Å². The summed E-state index contributed by atoms with van der Waals surface area (Å²) < 4.78 is 5.78. The Balaban J connectivity index is 2.52. The van der Waals surface area contributed by atoms with E-state index in [-0.39, 0.29) is 6.10 Å². The number of hydrogen-bond acceptors (Lipinski definition) is 3. The number of aromatic nitrogens is 1. The highest BCUT2D eigenvalue weighted by atomic mass is 16.5. The molecule has 90 valence electrons. The number of benzene rings is 1. The van der Waals surface area contributed by atoms with Crippen molar-refractivity contribution < 1.29 is 4.74 Å². The van der Waals surface area contributed by atoms with Gasteiger partial charge in [-0.25, -0.2) is 4.98 Å². The summed E-state index contributed by atoms with van der Waals surface area (Å²) in [5.74, 6) is 0.725. The Bertz CT molecular complexity index is 509. The molecule has 0 radical (unpaired) electrons. The van der Waals surface area contributed by atoms with Gasteiger partial charge in [-0.1, -0.05) is 18.2 Å². The van der Waals surface area contributed by atoms with Gasteiger partial charge >= 0.3 is 0 Å². The number of rotatable bonds is 4. The van der Waals surface area contributed by atoms with Gasteiger partial charge in [0.1, 0.15) is 0 Å². The summed E-state index contributed by atoms with van der Waals surface area (Å²) in [6.45, 7) is 4.78. The van der Waals surface area contributed by atoms with E-state index >= 15 is 0 Å². The first kappa shape index (κ1) is 11.9. The lowest BCUT2D eigenvalue weighted by Crippen LogP contribution is -2.11. The molecule has 0 spiro atoms. The Morgan fingerprint density at radius 3 is 2.76 bits per heavy atom. The Kier molecular flexibility index (Phi) is 3.59. The van der Waals surface area contributed by atoms with Crippen LogP contribution in [0.2, 0.25) is 0 Å². The lowest BCUT2D eigenvalue weighted by molar-refractivity contribution is 0.235. The van der Waals surface area contributed by atoms with E-state index in [2.05, 4.69) is 22.4 Å². The van der Waals surface area contributed by atoms with Crippen LogP contribution in [-0.2, 0) is 6.54 Å². The third-order valence-corrected chi connectivity index (χ3v) is 2.46. The quantitative estimate of drug-likeness (QED) is 0.877. The molecule has 0 aliphatic heterocycles. The highest BCUT2D eigenvalue weighted by molar-refractivity contribution is 5.87. The predicted molar refractivity (Wildman–Crippen MR) is 70.3 cm³/mol. The van der Waals surface area contributed by atoms with Crippen molar-refractivity contribution in [3.63, 3.8) is 0 Å². The smallest absolute Gasteiger partial charge is 0.221 e. The molecule has 0 saturated heterocycles. The van der Waals surface area contributed by atoms with E-state index in [0.717, 1.165) is 23.5 Å². The molecule has 0 saturated carbocycles. The van der Waals surface area contributed by atoms with Crippen LogP contribution >= 0.6 is 0 Å². The molecule has 1 N–H and O–H groups in total. The van der Waals surface area contributed by atoms with Crippen LogP contribution in [0.1, 0.15) is 19.5 Å². The lowest BCUT2D eigenvalue weighted by Gasteiger charge is -2.13. The van der Waals surface area contributed by atoms with Crippen LogP contribution in [-0.4, -0.2) is 18.1 Å². The Hall–Kier alpha value is -1.61. The fourth-order valence-corrected chi connectivity index (χ4v) is 1.80.